The van der Waals surface area contributed by atoms with Crippen LogP contribution in [0.5, 0.6) is 11.5 Å². The summed E-state index contributed by atoms with van der Waals surface area (Å²) in [5, 5.41) is 0. The molecule has 49 heavy (non-hydrogen) atoms. The van der Waals surface area contributed by atoms with Gasteiger partial charge in [-0.15, -0.1) is 13.2 Å². The van der Waals surface area contributed by atoms with E-state index in [0.717, 1.165) is 37.3 Å². The van der Waals surface area contributed by atoms with Gasteiger partial charge in [-0.05, 0) is 77.1 Å². The molecule has 12 heteroatoms. The molecule has 0 aromatic heterocycles. The van der Waals surface area contributed by atoms with Gasteiger partial charge in [-0.25, -0.2) is 22.0 Å². The Morgan fingerprint density at radius 2 is 1.08 bits per heavy atom. The van der Waals surface area contributed by atoms with Crippen LogP contribution in [-0.2, 0) is 12.5 Å². The molecule has 0 spiro atoms. The zero-order valence-electron chi connectivity index (χ0n) is 25.6. The number of rotatable bonds is 11. The largest absolute Gasteiger partial charge is 0.573 e. The van der Waals surface area contributed by atoms with E-state index in [0.29, 0.717) is 46.5 Å². The minimum atomic E-state index is -5.27. The predicted octanol–water partition coefficient (Wildman–Crippen LogP) is 12.1. The van der Waals surface area contributed by atoms with Crippen LogP contribution in [0.4, 0.5) is 43.9 Å². The summed E-state index contributed by atoms with van der Waals surface area (Å²) in [5.74, 6) is -9.10. The normalized spacial score (nSPS) is 11.9. The van der Waals surface area contributed by atoms with Crippen molar-refractivity contribution in [2.45, 2.75) is 45.1 Å². The second-order valence-corrected chi connectivity index (χ2v) is 11.1. The Morgan fingerprint density at radius 1 is 0.510 bits per heavy atom. The van der Waals surface area contributed by atoms with Gasteiger partial charge < -0.3 is 9.47 Å². The van der Waals surface area contributed by atoms with Crippen molar-refractivity contribution in [2.24, 2.45) is 0 Å². The van der Waals surface area contributed by atoms with E-state index in [-0.39, 0.29) is 17.4 Å². The molecule has 5 aromatic carbocycles. The summed E-state index contributed by atoms with van der Waals surface area (Å²) in [6.45, 7) is 2.09. The van der Waals surface area contributed by atoms with Gasteiger partial charge in [0.2, 0.25) is 0 Å². The zero-order valence-corrected chi connectivity index (χ0v) is 25.6. The van der Waals surface area contributed by atoms with Crippen LogP contribution in [0.2, 0.25) is 0 Å². The molecule has 0 aliphatic rings. The lowest BCUT2D eigenvalue weighted by atomic mass is 9.96. The maximum atomic E-state index is 15.2. The van der Waals surface area contributed by atoms with Gasteiger partial charge in [0, 0.05) is 17.2 Å². The zero-order chi connectivity index (χ0) is 35.5. The topological polar surface area (TPSA) is 18.5 Å². The molecule has 0 amide bonds. The van der Waals surface area contributed by atoms with Gasteiger partial charge in [0.1, 0.15) is 34.6 Å². The molecule has 0 atom stereocenters. The van der Waals surface area contributed by atoms with Crippen LogP contribution >= 0.6 is 0 Å². The molecule has 0 saturated heterocycles. The molecule has 5 aromatic rings. The van der Waals surface area contributed by atoms with Gasteiger partial charge in [0.15, 0.2) is 11.6 Å². The Hall–Kier alpha value is -5.00. The van der Waals surface area contributed by atoms with Gasteiger partial charge in [-0.3, -0.25) is 0 Å². The Balaban J connectivity index is 1.33. The summed E-state index contributed by atoms with van der Waals surface area (Å²) >= 11 is 0. The highest BCUT2D eigenvalue weighted by molar-refractivity contribution is 5.74. The molecule has 0 aliphatic carbocycles. The number of unbranched alkanes of at least 4 members (excludes halogenated alkanes) is 2. The highest BCUT2D eigenvalue weighted by Crippen LogP contribution is 2.39. The smallest absolute Gasteiger partial charge is 0.429 e. The van der Waals surface area contributed by atoms with Gasteiger partial charge in [0.05, 0.1) is 0 Å². The SMILES string of the molecule is CCCCCc1ccc(-c2ccc(-c3ccc(-c4cc(F)c(C(F)(F)Oc5ccc(OC(F)(F)F)c(F)c5)c(F)c4)c(F)c3)cc2)c(F)c1. The molecule has 0 saturated carbocycles. The molecule has 0 N–H and O–H groups in total. The second kappa shape index (κ2) is 14.2. The van der Waals surface area contributed by atoms with Crippen LogP contribution < -0.4 is 9.47 Å². The molecule has 5 rings (SSSR count). The van der Waals surface area contributed by atoms with Crippen molar-refractivity contribution < 1.29 is 53.4 Å². The molecule has 0 bridgehead atoms. The number of aryl methyl sites for hydroxylation is 1. The molecule has 0 radical (unpaired) electrons. The quantitative estimate of drug-likeness (QED) is 0.101. The van der Waals surface area contributed by atoms with Crippen molar-refractivity contribution in [2.75, 3.05) is 0 Å². The third kappa shape index (κ3) is 8.36. The molecule has 2 nitrogen and oxygen atoms in total. The first kappa shape index (κ1) is 35.3. The fourth-order valence-corrected chi connectivity index (χ4v) is 5.26. The van der Waals surface area contributed by atoms with E-state index in [1.54, 1.807) is 30.3 Å². The first-order valence-corrected chi connectivity index (χ1v) is 15.0. The Morgan fingerprint density at radius 3 is 1.67 bits per heavy atom. The maximum Gasteiger partial charge on any atom is 0.573 e. The van der Waals surface area contributed by atoms with Crippen LogP contribution in [0.1, 0.15) is 37.3 Å². The van der Waals surface area contributed by atoms with E-state index in [9.17, 15) is 39.5 Å². The van der Waals surface area contributed by atoms with E-state index in [1.807, 2.05) is 6.07 Å². The van der Waals surface area contributed by atoms with E-state index in [1.165, 1.54) is 18.2 Å². The van der Waals surface area contributed by atoms with Gasteiger partial charge in [0.25, 0.3) is 0 Å². The summed E-state index contributed by atoms with van der Waals surface area (Å²) in [4.78, 5) is 0. The number of halogens is 10. The van der Waals surface area contributed by atoms with Crippen LogP contribution in [0.15, 0.2) is 91.0 Å². The molecule has 0 heterocycles. The summed E-state index contributed by atoms with van der Waals surface area (Å²) < 4.78 is 148. The van der Waals surface area contributed by atoms with Crippen LogP contribution in [0, 0.1) is 29.1 Å². The number of benzene rings is 5. The molecule has 256 valence electrons. The first-order chi connectivity index (χ1) is 23.1. The number of ether oxygens (including phenoxy) is 2. The number of hydrogen-bond donors (Lipinski definition) is 0. The van der Waals surface area contributed by atoms with Crippen molar-refractivity contribution >= 4 is 0 Å². The molecule has 0 fully saturated rings. The fourth-order valence-electron chi connectivity index (χ4n) is 5.26. The van der Waals surface area contributed by atoms with Crippen LogP contribution in [0.3, 0.4) is 0 Å². The third-order valence-corrected chi connectivity index (χ3v) is 7.62. The average Bonchev–Trinajstić information content (AvgIpc) is 3.01. The standard InChI is InChI=1S/C37H26F10O2/c1-2-3-4-5-21-6-13-27(29(38)16-21)23-9-7-22(8-10-23)24-11-14-28(30(39)17-24)25-18-32(41)35(33(42)19-25)36(43,44)48-26-12-15-34(31(40)20-26)49-37(45,46)47/h6-20H,2-5H2,1H3. The Kier molecular flexibility index (Phi) is 10.3. The van der Waals surface area contributed by atoms with Crippen molar-refractivity contribution in [1.29, 1.82) is 0 Å². The third-order valence-electron chi connectivity index (χ3n) is 7.62. The van der Waals surface area contributed by atoms with E-state index in [4.69, 9.17) is 0 Å². The lowest BCUT2D eigenvalue weighted by Gasteiger charge is -2.20. The van der Waals surface area contributed by atoms with E-state index in [2.05, 4.69) is 16.4 Å². The van der Waals surface area contributed by atoms with Crippen molar-refractivity contribution in [3.63, 3.8) is 0 Å². The van der Waals surface area contributed by atoms with Gasteiger partial charge >= 0.3 is 12.5 Å². The summed E-state index contributed by atoms with van der Waals surface area (Å²) in [5.41, 5.74) is 0.175. The summed E-state index contributed by atoms with van der Waals surface area (Å²) in [7, 11) is 0. The average molecular weight is 693 g/mol. The Labute approximate surface area is 274 Å². The lowest BCUT2D eigenvalue weighted by molar-refractivity contribution is -0.275. The van der Waals surface area contributed by atoms with Gasteiger partial charge in [-0.1, -0.05) is 68.3 Å². The van der Waals surface area contributed by atoms with E-state index < -0.39 is 58.4 Å². The molecule has 0 aliphatic heterocycles. The summed E-state index contributed by atoms with van der Waals surface area (Å²) in [6.07, 6.45) is -6.17. The molecule has 0 unspecified atom stereocenters. The number of hydrogen-bond acceptors (Lipinski definition) is 2. The Bertz CT molecular complexity index is 1930. The van der Waals surface area contributed by atoms with Crippen molar-refractivity contribution in [1.82, 2.24) is 0 Å². The van der Waals surface area contributed by atoms with Gasteiger partial charge in [-0.2, -0.15) is 8.78 Å². The highest BCUT2D eigenvalue weighted by Gasteiger charge is 2.42. The lowest BCUT2D eigenvalue weighted by Crippen LogP contribution is -2.25. The number of alkyl halides is 5. The van der Waals surface area contributed by atoms with E-state index >= 15 is 4.39 Å². The molecular weight excluding hydrogens is 666 g/mol. The predicted molar refractivity (Wildman–Crippen MR) is 163 cm³/mol. The fraction of sp³-hybridized carbons (Fsp3) is 0.189. The summed E-state index contributed by atoms with van der Waals surface area (Å²) in [6, 6.07) is 17.3. The monoisotopic (exact) mass is 692 g/mol. The first-order valence-electron chi connectivity index (χ1n) is 15.0. The van der Waals surface area contributed by atoms with Crippen molar-refractivity contribution in [3.8, 4) is 44.9 Å². The van der Waals surface area contributed by atoms with Crippen LogP contribution in [0.25, 0.3) is 33.4 Å². The minimum absolute atomic E-state index is 0.119. The second-order valence-electron chi connectivity index (χ2n) is 11.1. The maximum absolute atomic E-state index is 15.2. The minimum Gasteiger partial charge on any atom is -0.429 e. The van der Waals surface area contributed by atoms with Crippen LogP contribution in [-0.4, -0.2) is 6.36 Å². The highest BCUT2D eigenvalue weighted by atomic mass is 19.4. The molecular formula is C37H26F10O2. The van der Waals surface area contributed by atoms with Crippen molar-refractivity contribution in [3.05, 3.63) is 131 Å².